The second kappa shape index (κ2) is 5.48. The summed E-state index contributed by atoms with van der Waals surface area (Å²) >= 11 is 0. The van der Waals surface area contributed by atoms with Gasteiger partial charge in [-0.1, -0.05) is 18.2 Å². The molecule has 3 nitrogen and oxygen atoms in total. The molecule has 1 aromatic carbocycles. The zero-order valence-electron chi connectivity index (χ0n) is 10.6. The standard InChI is InChI=1S/C14H16F2N2O/c1-18(14(19)10-3-4-11(17)7-10)8-9-2-5-12(15)13(16)6-9/h2-6,10-11H,7-8,17H2,1H3. The first-order valence-electron chi connectivity index (χ1n) is 6.10. The van der Waals surface area contributed by atoms with E-state index in [0.29, 0.717) is 12.0 Å². The summed E-state index contributed by atoms with van der Waals surface area (Å²) in [6.07, 6.45) is 4.21. The second-order valence-corrected chi connectivity index (χ2v) is 4.83. The Labute approximate surface area is 110 Å². The van der Waals surface area contributed by atoms with Crippen LogP contribution in [0.4, 0.5) is 8.78 Å². The number of hydrogen-bond acceptors (Lipinski definition) is 2. The Kier molecular flexibility index (Phi) is 3.95. The van der Waals surface area contributed by atoms with Gasteiger partial charge in [-0.25, -0.2) is 8.78 Å². The fourth-order valence-electron chi connectivity index (χ4n) is 2.18. The average Bonchev–Trinajstić information content (AvgIpc) is 2.79. The maximum absolute atomic E-state index is 13.1. The zero-order valence-corrected chi connectivity index (χ0v) is 10.6. The van der Waals surface area contributed by atoms with E-state index in [0.717, 1.165) is 12.1 Å². The van der Waals surface area contributed by atoms with Crippen LogP contribution in [0, 0.1) is 17.6 Å². The van der Waals surface area contributed by atoms with E-state index in [1.54, 1.807) is 13.1 Å². The highest BCUT2D eigenvalue weighted by Gasteiger charge is 2.25. The molecular weight excluding hydrogens is 250 g/mol. The molecule has 2 N–H and O–H groups in total. The normalized spacial score (nSPS) is 21.7. The van der Waals surface area contributed by atoms with Crippen LogP contribution in [-0.4, -0.2) is 23.9 Å². The average molecular weight is 266 g/mol. The van der Waals surface area contributed by atoms with Gasteiger partial charge < -0.3 is 10.6 Å². The first kappa shape index (κ1) is 13.7. The van der Waals surface area contributed by atoms with Gasteiger partial charge in [0.15, 0.2) is 11.6 Å². The number of nitrogens with zero attached hydrogens (tertiary/aromatic N) is 1. The van der Waals surface area contributed by atoms with Crippen molar-refractivity contribution < 1.29 is 13.6 Å². The van der Waals surface area contributed by atoms with E-state index in [1.165, 1.54) is 11.0 Å². The third-order valence-corrected chi connectivity index (χ3v) is 3.21. The fraction of sp³-hybridized carbons (Fsp3) is 0.357. The molecule has 0 aliphatic heterocycles. The maximum atomic E-state index is 13.1. The van der Waals surface area contributed by atoms with Crippen molar-refractivity contribution in [1.29, 1.82) is 0 Å². The number of amides is 1. The van der Waals surface area contributed by atoms with E-state index in [4.69, 9.17) is 5.73 Å². The van der Waals surface area contributed by atoms with Crippen LogP contribution in [0.3, 0.4) is 0 Å². The smallest absolute Gasteiger partial charge is 0.229 e. The molecule has 1 aliphatic rings. The third kappa shape index (κ3) is 3.17. The first-order chi connectivity index (χ1) is 8.97. The summed E-state index contributed by atoms with van der Waals surface area (Å²) in [4.78, 5) is 13.6. The van der Waals surface area contributed by atoms with E-state index in [2.05, 4.69) is 0 Å². The second-order valence-electron chi connectivity index (χ2n) is 4.83. The molecule has 1 aromatic rings. The Bertz CT molecular complexity index is 516. The SMILES string of the molecule is CN(Cc1ccc(F)c(F)c1)C(=O)C1C=CC(N)C1. The van der Waals surface area contributed by atoms with E-state index in [-0.39, 0.29) is 24.4 Å². The van der Waals surface area contributed by atoms with Crippen molar-refractivity contribution in [1.82, 2.24) is 4.90 Å². The monoisotopic (exact) mass is 266 g/mol. The Hall–Kier alpha value is -1.75. The lowest BCUT2D eigenvalue weighted by atomic mass is 10.1. The molecule has 0 heterocycles. The maximum Gasteiger partial charge on any atom is 0.229 e. The molecule has 19 heavy (non-hydrogen) atoms. The van der Waals surface area contributed by atoms with Crippen LogP contribution in [0.25, 0.3) is 0 Å². The van der Waals surface area contributed by atoms with Gasteiger partial charge >= 0.3 is 0 Å². The van der Waals surface area contributed by atoms with Gasteiger partial charge in [-0.2, -0.15) is 0 Å². The zero-order chi connectivity index (χ0) is 14.0. The molecule has 1 amide bonds. The molecule has 5 heteroatoms. The Balaban J connectivity index is 2.00. The highest BCUT2D eigenvalue weighted by molar-refractivity contribution is 5.81. The predicted octanol–water partition coefficient (Wildman–Crippen LogP) is 1.83. The van der Waals surface area contributed by atoms with Crippen molar-refractivity contribution in [3.8, 4) is 0 Å². The van der Waals surface area contributed by atoms with Crippen molar-refractivity contribution in [3.63, 3.8) is 0 Å². The lowest BCUT2D eigenvalue weighted by molar-refractivity contribution is -0.133. The summed E-state index contributed by atoms with van der Waals surface area (Å²) in [5, 5.41) is 0. The summed E-state index contributed by atoms with van der Waals surface area (Å²) in [6.45, 7) is 0.246. The van der Waals surface area contributed by atoms with Gasteiger partial charge in [0.2, 0.25) is 5.91 Å². The van der Waals surface area contributed by atoms with Gasteiger partial charge in [-0.15, -0.1) is 0 Å². The summed E-state index contributed by atoms with van der Waals surface area (Å²) < 4.78 is 25.9. The minimum Gasteiger partial charge on any atom is -0.341 e. The molecule has 0 saturated carbocycles. The Morgan fingerprint density at radius 1 is 1.37 bits per heavy atom. The molecule has 0 spiro atoms. The van der Waals surface area contributed by atoms with Gasteiger partial charge in [-0.3, -0.25) is 4.79 Å². The molecule has 1 aliphatic carbocycles. The number of benzene rings is 1. The van der Waals surface area contributed by atoms with Gasteiger partial charge in [0.1, 0.15) is 0 Å². The molecule has 0 radical (unpaired) electrons. The number of carbonyl (C=O) groups is 1. The van der Waals surface area contributed by atoms with Crippen LogP contribution in [0.15, 0.2) is 30.4 Å². The molecule has 0 bridgehead atoms. The lowest BCUT2D eigenvalue weighted by Gasteiger charge is -2.20. The molecule has 2 unspecified atom stereocenters. The Morgan fingerprint density at radius 3 is 2.68 bits per heavy atom. The number of nitrogens with two attached hydrogens (primary N) is 1. The highest BCUT2D eigenvalue weighted by atomic mass is 19.2. The Morgan fingerprint density at radius 2 is 2.11 bits per heavy atom. The van der Waals surface area contributed by atoms with E-state index in [1.807, 2.05) is 6.08 Å². The number of hydrogen-bond donors (Lipinski definition) is 1. The molecule has 0 saturated heterocycles. The van der Waals surface area contributed by atoms with E-state index in [9.17, 15) is 13.6 Å². The third-order valence-electron chi connectivity index (χ3n) is 3.21. The van der Waals surface area contributed by atoms with Gasteiger partial charge in [0.05, 0.1) is 5.92 Å². The minimum atomic E-state index is -0.902. The molecular formula is C14H16F2N2O. The van der Waals surface area contributed by atoms with Gasteiger partial charge in [0, 0.05) is 19.6 Å². The van der Waals surface area contributed by atoms with Gasteiger partial charge in [-0.05, 0) is 24.1 Å². The molecule has 102 valence electrons. The summed E-state index contributed by atoms with van der Waals surface area (Å²) in [6, 6.07) is 3.56. The van der Waals surface area contributed by atoms with Crippen molar-refractivity contribution in [2.45, 2.75) is 19.0 Å². The number of rotatable bonds is 3. The van der Waals surface area contributed by atoms with Crippen molar-refractivity contribution in [2.24, 2.45) is 11.7 Å². The predicted molar refractivity (Wildman–Crippen MR) is 68.1 cm³/mol. The van der Waals surface area contributed by atoms with Crippen LogP contribution in [0.1, 0.15) is 12.0 Å². The highest BCUT2D eigenvalue weighted by Crippen LogP contribution is 2.19. The van der Waals surface area contributed by atoms with E-state index >= 15 is 0 Å². The van der Waals surface area contributed by atoms with Crippen LogP contribution in [-0.2, 0) is 11.3 Å². The van der Waals surface area contributed by atoms with Crippen LogP contribution < -0.4 is 5.73 Å². The summed E-state index contributed by atoms with van der Waals surface area (Å²) in [5.41, 5.74) is 6.26. The first-order valence-corrected chi connectivity index (χ1v) is 6.10. The lowest BCUT2D eigenvalue weighted by Crippen LogP contribution is -2.32. The summed E-state index contributed by atoms with van der Waals surface area (Å²) in [5.74, 6) is -2.07. The number of halogens is 2. The van der Waals surface area contributed by atoms with Crippen LogP contribution in [0.5, 0.6) is 0 Å². The van der Waals surface area contributed by atoms with Crippen molar-refractivity contribution in [2.75, 3.05) is 7.05 Å². The van der Waals surface area contributed by atoms with Crippen LogP contribution >= 0.6 is 0 Å². The summed E-state index contributed by atoms with van der Waals surface area (Å²) in [7, 11) is 1.64. The van der Waals surface area contributed by atoms with E-state index < -0.39 is 11.6 Å². The van der Waals surface area contributed by atoms with Gasteiger partial charge in [0.25, 0.3) is 0 Å². The largest absolute Gasteiger partial charge is 0.341 e. The molecule has 0 fully saturated rings. The fourth-order valence-corrected chi connectivity index (χ4v) is 2.18. The van der Waals surface area contributed by atoms with Crippen LogP contribution in [0.2, 0.25) is 0 Å². The quantitative estimate of drug-likeness (QED) is 0.848. The number of carbonyl (C=O) groups excluding carboxylic acids is 1. The molecule has 2 rings (SSSR count). The molecule has 0 aromatic heterocycles. The van der Waals surface area contributed by atoms with Crippen molar-refractivity contribution >= 4 is 5.91 Å². The minimum absolute atomic E-state index is 0.0612. The topological polar surface area (TPSA) is 46.3 Å². The van der Waals surface area contributed by atoms with Crippen molar-refractivity contribution in [3.05, 3.63) is 47.5 Å². The molecule has 2 atom stereocenters.